The maximum atomic E-state index is 12.4. The predicted molar refractivity (Wildman–Crippen MR) is 93.5 cm³/mol. The van der Waals surface area contributed by atoms with E-state index in [2.05, 4.69) is 26.1 Å². The second kappa shape index (κ2) is 7.19. The summed E-state index contributed by atoms with van der Waals surface area (Å²) in [4.78, 5) is 16.5. The number of halogens is 1. The van der Waals surface area contributed by atoms with E-state index in [1.807, 2.05) is 42.2 Å². The second-order valence-electron chi connectivity index (χ2n) is 5.74. The highest BCUT2D eigenvalue weighted by Crippen LogP contribution is 2.20. The van der Waals surface area contributed by atoms with Gasteiger partial charge < -0.3 is 14.6 Å². The van der Waals surface area contributed by atoms with Gasteiger partial charge in [-0.25, -0.2) is 4.79 Å². The topological polar surface area (TPSA) is 48.7 Å². The zero-order valence-electron chi connectivity index (χ0n) is 13.1. The van der Waals surface area contributed by atoms with Gasteiger partial charge in [-0.2, -0.15) is 0 Å². The van der Waals surface area contributed by atoms with E-state index in [0.717, 1.165) is 54.2 Å². The third-order valence-electron chi connectivity index (χ3n) is 4.03. The van der Waals surface area contributed by atoms with Crippen LogP contribution in [0.25, 0.3) is 0 Å². The molecule has 0 atom stereocenters. The molecule has 0 spiro atoms. The molecule has 3 rings (SSSR count). The number of carbonyl (C=O) groups is 1. The molecule has 2 heterocycles. The average Bonchev–Trinajstić information content (AvgIpc) is 3.04. The second-order valence-corrected chi connectivity index (χ2v) is 6.59. The molecule has 1 aliphatic rings. The Hall–Kier alpha value is -1.79. The van der Waals surface area contributed by atoms with Gasteiger partial charge in [-0.1, -0.05) is 15.9 Å². The van der Waals surface area contributed by atoms with Crippen LogP contribution in [0.1, 0.15) is 11.3 Å². The number of aryl methyl sites for hydroxylation is 1. The van der Waals surface area contributed by atoms with Gasteiger partial charge in [0.25, 0.3) is 0 Å². The van der Waals surface area contributed by atoms with Gasteiger partial charge >= 0.3 is 6.03 Å². The Morgan fingerprint density at radius 2 is 2.04 bits per heavy atom. The van der Waals surface area contributed by atoms with Gasteiger partial charge in [0.15, 0.2) is 0 Å². The van der Waals surface area contributed by atoms with Crippen molar-refractivity contribution in [2.75, 3.05) is 31.5 Å². The summed E-state index contributed by atoms with van der Waals surface area (Å²) in [6.45, 7) is 5.96. The highest BCUT2D eigenvalue weighted by molar-refractivity contribution is 9.10. The van der Waals surface area contributed by atoms with E-state index in [1.165, 1.54) is 0 Å². The van der Waals surface area contributed by atoms with Crippen molar-refractivity contribution in [3.05, 3.63) is 52.4 Å². The molecule has 2 amide bonds. The fraction of sp³-hybridized carbons (Fsp3) is 0.353. The molecule has 1 aliphatic heterocycles. The molecule has 0 bridgehead atoms. The van der Waals surface area contributed by atoms with Crippen LogP contribution in [-0.2, 0) is 6.54 Å². The van der Waals surface area contributed by atoms with Crippen molar-refractivity contribution >= 4 is 27.6 Å². The smallest absolute Gasteiger partial charge is 0.321 e. The Morgan fingerprint density at radius 1 is 1.26 bits per heavy atom. The Kier molecular flexibility index (Phi) is 5.03. The average molecular weight is 378 g/mol. The number of benzene rings is 1. The van der Waals surface area contributed by atoms with Crippen molar-refractivity contribution < 1.29 is 9.21 Å². The van der Waals surface area contributed by atoms with Crippen LogP contribution in [0, 0.1) is 6.92 Å². The number of furan rings is 1. The Balaban J connectivity index is 1.50. The van der Waals surface area contributed by atoms with E-state index in [1.54, 1.807) is 6.26 Å². The molecule has 0 saturated carbocycles. The summed E-state index contributed by atoms with van der Waals surface area (Å²) in [5.41, 5.74) is 1.93. The first-order valence-corrected chi connectivity index (χ1v) is 8.48. The fourth-order valence-electron chi connectivity index (χ4n) is 2.66. The van der Waals surface area contributed by atoms with Crippen molar-refractivity contribution in [3.63, 3.8) is 0 Å². The lowest BCUT2D eigenvalue weighted by Crippen LogP contribution is -2.49. The highest BCUT2D eigenvalue weighted by atomic mass is 79.9. The lowest BCUT2D eigenvalue weighted by molar-refractivity contribution is 0.137. The van der Waals surface area contributed by atoms with Crippen molar-refractivity contribution in [2.24, 2.45) is 0 Å². The zero-order valence-corrected chi connectivity index (χ0v) is 14.7. The Morgan fingerprint density at radius 3 is 2.70 bits per heavy atom. The van der Waals surface area contributed by atoms with Crippen molar-refractivity contribution in [1.82, 2.24) is 9.80 Å². The molecular formula is C17H20BrN3O2. The summed E-state index contributed by atoms with van der Waals surface area (Å²) in [6.07, 6.45) is 1.69. The van der Waals surface area contributed by atoms with E-state index in [9.17, 15) is 4.79 Å². The van der Waals surface area contributed by atoms with E-state index < -0.39 is 0 Å². The molecule has 23 heavy (non-hydrogen) atoms. The summed E-state index contributed by atoms with van der Waals surface area (Å²) < 4.78 is 6.42. The molecule has 0 unspecified atom stereocenters. The number of rotatable bonds is 3. The largest absolute Gasteiger partial charge is 0.468 e. The summed E-state index contributed by atoms with van der Waals surface area (Å²) in [5, 5.41) is 2.97. The van der Waals surface area contributed by atoms with Crippen LogP contribution >= 0.6 is 15.9 Å². The number of carbonyl (C=O) groups excluding carboxylic acids is 1. The number of hydrogen-bond donors (Lipinski definition) is 1. The molecule has 6 heteroatoms. The van der Waals surface area contributed by atoms with E-state index >= 15 is 0 Å². The number of nitrogens with zero attached hydrogens (tertiary/aromatic N) is 2. The van der Waals surface area contributed by atoms with Gasteiger partial charge in [-0.15, -0.1) is 0 Å². The van der Waals surface area contributed by atoms with Gasteiger partial charge in [0.1, 0.15) is 5.76 Å². The summed E-state index contributed by atoms with van der Waals surface area (Å²) in [5.74, 6) is 0.966. The summed E-state index contributed by atoms with van der Waals surface area (Å²) in [6, 6.07) is 9.67. The van der Waals surface area contributed by atoms with Gasteiger partial charge in [0.2, 0.25) is 0 Å². The minimum Gasteiger partial charge on any atom is -0.468 e. The Bertz CT molecular complexity index is 664. The molecule has 1 aromatic heterocycles. The quantitative estimate of drug-likeness (QED) is 0.886. The maximum absolute atomic E-state index is 12.4. The molecule has 122 valence electrons. The lowest BCUT2D eigenvalue weighted by Gasteiger charge is -2.34. The monoisotopic (exact) mass is 377 g/mol. The molecule has 1 N–H and O–H groups in total. The third kappa shape index (κ3) is 4.14. The van der Waals surface area contributed by atoms with Gasteiger partial charge in [-0.05, 0) is 42.8 Å². The van der Waals surface area contributed by atoms with Crippen LogP contribution in [0.5, 0.6) is 0 Å². The number of nitrogens with one attached hydrogen (secondary N) is 1. The molecule has 2 aromatic rings. The summed E-state index contributed by atoms with van der Waals surface area (Å²) >= 11 is 3.47. The van der Waals surface area contributed by atoms with Gasteiger partial charge in [0, 0.05) is 36.3 Å². The molecule has 0 aliphatic carbocycles. The van der Waals surface area contributed by atoms with Crippen LogP contribution < -0.4 is 5.32 Å². The van der Waals surface area contributed by atoms with E-state index in [4.69, 9.17) is 4.42 Å². The van der Waals surface area contributed by atoms with Crippen LogP contribution in [0.2, 0.25) is 0 Å². The summed E-state index contributed by atoms with van der Waals surface area (Å²) in [7, 11) is 0. The van der Waals surface area contributed by atoms with Gasteiger partial charge in [0.05, 0.1) is 12.8 Å². The van der Waals surface area contributed by atoms with Crippen LogP contribution in [0.3, 0.4) is 0 Å². The first kappa shape index (κ1) is 16.1. The van der Waals surface area contributed by atoms with E-state index in [0.29, 0.717) is 0 Å². The number of hydrogen-bond acceptors (Lipinski definition) is 3. The van der Waals surface area contributed by atoms with Crippen LogP contribution in [0.15, 0.2) is 45.5 Å². The minimum absolute atomic E-state index is 0.0376. The first-order chi connectivity index (χ1) is 11.1. The van der Waals surface area contributed by atoms with Gasteiger partial charge in [-0.3, -0.25) is 4.90 Å². The number of anilines is 1. The molecule has 1 aromatic carbocycles. The fourth-order valence-corrected chi connectivity index (χ4v) is 2.90. The minimum atomic E-state index is -0.0376. The van der Waals surface area contributed by atoms with Crippen molar-refractivity contribution in [3.8, 4) is 0 Å². The molecule has 1 saturated heterocycles. The molecule has 1 fully saturated rings. The third-order valence-corrected chi connectivity index (χ3v) is 4.92. The lowest BCUT2D eigenvalue weighted by atomic mass is 10.2. The SMILES string of the molecule is Cc1cc(NC(=O)N2CCN(Cc3ccco3)CC2)ccc1Br. The highest BCUT2D eigenvalue weighted by Gasteiger charge is 2.21. The normalized spacial score (nSPS) is 15.7. The predicted octanol–water partition coefficient (Wildman–Crippen LogP) is 3.70. The van der Waals surface area contributed by atoms with E-state index in [-0.39, 0.29) is 6.03 Å². The number of amides is 2. The molecule has 5 nitrogen and oxygen atoms in total. The van der Waals surface area contributed by atoms with Crippen molar-refractivity contribution in [1.29, 1.82) is 0 Å². The van der Waals surface area contributed by atoms with Crippen LogP contribution in [0.4, 0.5) is 10.5 Å². The van der Waals surface area contributed by atoms with Crippen molar-refractivity contribution in [2.45, 2.75) is 13.5 Å². The molecular weight excluding hydrogens is 358 g/mol. The number of urea groups is 1. The zero-order chi connectivity index (χ0) is 16.2. The molecule has 0 radical (unpaired) electrons. The van der Waals surface area contributed by atoms with Crippen LogP contribution in [-0.4, -0.2) is 42.0 Å². The number of piperazine rings is 1. The standard InChI is InChI=1S/C17H20BrN3O2/c1-13-11-14(4-5-16(13)18)19-17(22)21-8-6-20(7-9-21)12-15-3-2-10-23-15/h2-5,10-11H,6-9,12H2,1H3,(H,19,22). The maximum Gasteiger partial charge on any atom is 0.321 e. The Labute approximate surface area is 144 Å². The first-order valence-electron chi connectivity index (χ1n) is 7.68.